The number of aromatic nitrogens is 2. The third-order valence-corrected chi connectivity index (χ3v) is 3.58. The van der Waals surface area contributed by atoms with E-state index in [9.17, 15) is 0 Å². The zero-order valence-corrected chi connectivity index (χ0v) is 12.4. The van der Waals surface area contributed by atoms with Gasteiger partial charge in [-0.1, -0.05) is 37.3 Å². The molecule has 0 saturated carbocycles. The molecule has 0 aliphatic rings. The quantitative estimate of drug-likeness (QED) is 0.842. The molecular weight excluding hydrogens is 248 g/mol. The van der Waals surface area contributed by atoms with E-state index in [1.165, 1.54) is 11.3 Å². The second kappa shape index (κ2) is 7.22. The average molecular weight is 272 g/mol. The van der Waals surface area contributed by atoms with Gasteiger partial charge in [0.05, 0.1) is 18.1 Å². The molecule has 1 atom stereocenters. The van der Waals surface area contributed by atoms with Gasteiger partial charge in [-0.3, -0.25) is 4.90 Å². The molecule has 0 aliphatic heterocycles. The molecule has 0 radical (unpaired) electrons. The molecule has 1 heterocycles. The van der Waals surface area contributed by atoms with Gasteiger partial charge < -0.3 is 10.3 Å². The highest BCUT2D eigenvalue weighted by atomic mass is 15.2. The molecule has 0 spiro atoms. The third kappa shape index (κ3) is 3.46. The van der Waals surface area contributed by atoms with E-state index >= 15 is 0 Å². The average Bonchev–Trinajstić information content (AvgIpc) is 2.89. The Kier molecular flexibility index (Phi) is 5.32. The molecule has 0 saturated heterocycles. The summed E-state index contributed by atoms with van der Waals surface area (Å²) in [6, 6.07) is 10.7. The number of rotatable bonds is 7. The number of nitrogens with two attached hydrogens (primary N) is 1. The van der Waals surface area contributed by atoms with Gasteiger partial charge in [0.15, 0.2) is 0 Å². The number of nitrogens with zero attached hydrogens (tertiary/aromatic N) is 3. The molecule has 0 amide bonds. The standard InChI is InChI=1S/C16H24N4/c1-3-9-20-13-18-11-16(20)15(10-17)19(2)12-14-7-5-4-6-8-14/h4-8,11,13,15H,3,9-10,12,17H2,1-2H3. The first-order valence-electron chi connectivity index (χ1n) is 7.20. The maximum absolute atomic E-state index is 6.00. The van der Waals surface area contributed by atoms with Crippen molar-refractivity contribution >= 4 is 0 Å². The number of imidazole rings is 1. The fourth-order valence-corrected chi connectivity index (χ4v) is 2.54. The number of hydrogen-bond acceptors (Lipinski definition) is 3. The van der Waals surface area contributed by atoms with Crippen molar-refractivity contribution < 1.29 is 0 Å². The van der Waals surface area contributed by atoms with Crippen molar-refractivity contribution in [3.8, 4) is 0 Å². The van der Waals surface area contributed by atoms with Crippen LogP contribution in [0.25, 0.3) is 0 Å². The highest BCUT2D eigenvalue weighted by molar-refractivity contribution is 5.15. The number of hydrogen-bond donors (Lipinski definition) is 1. The van der Waals surface area contributed by atoms with E-state index in [1.54, 1.807) is 0 Å². The van der Waals surface area contributed by atoms with Crippen molar-refractivity contribution in [3.63, 3.8) is 0 Å². The van der Waals surface area contributed by atoms with Crippen molar-refractivity contribution in [3.05, 3.63) is 54.1 Å². The number of aryl methyl sites for hydroxylation is 1. The first-order chi connectivity index (χ1) is 9.76. The Bertz CT molecular complexity index is 506. The van der Waals surface area contributed by atoms with Crippen LogP contribution in [-0.2, 0) is 13.1 Å². The minimum atomic E-state index is 0.198. The molecule has 108 valence electrons. The summed E-state index contributed by atoms with van der Waals surface area (Å²) in [5, 5.41) is 0. The minimum Gasteiger partial charge on any atom is -0.333 e. The Morgan fingerprint density at radius 1 is 1.30 bits per heavy atom. The summed E-state index contributed by atoms with van der Waals surface area (Å²) in [6.45, 7) is 4.65. The molecule has 0 aliphatic carbocycles. The first kappa shape index (κ1) is 14.8. The lowest BCUT2D eigenvalue weighted by atomic mass is 10.1. The molecule has 0 fully saturated rings. The van der Waals surface area contributed by atoms with Gasteiger partial charge in [-0.25, -0.2) is 4.98 Å². The predicted molar refractivity (Wildman–Crippen MR) is 82.2 cm³/mol. The molecule has 2 aromatic rings. The predicted octanol–water partition coefficient (Wildman–Crippen LogP) is 2.42. The molecule has 1 aromatic heterocycles. The fraction of sp³-hybridized carbons (Fsp3) is 0.438. The van der Waals surface area contributed by atoms with E-state index < -0.39 is 0 Å². The molecule has 0 bridgehead atoms. The summed E-state index contributed by atoms with van der Waals surface area (Å²) in [5.74, 6) is 0. The molecule has 1 aromatic carbocycles. The summed E-state index contributed by atoms with van der Waals surface area (Å²) in [6.07, 6.45) is 4.94. The van der Waals surface area contributed by atoms with Crippen LogP contribution in [0.2, 0.25) is 0 Å². The van der Waals surface area contributed by atoms with Crippen molar-refractivity contribution in [1.82, 2.24) is 14.5 Å². The second-order valence-corrected chi connectivity index (χ2v) is 5.16. The third-order valence-electron chi connectivity index (χ3n) is 3.58. The van der Waals surface area contributed by atoms with E-state index in [0.29, 0.717) is 6.54 Å². The maximum atomic E-state index is 6.00. The Morgan fingerprint density at radius 3 is 2.70 bits per heavy atom. The van der Waals surface area contributed by atoms with Crippen molar-refractivity contribution in [2.45, 2.75) is 32.5 Å². The van der Waals surface area contributed by atoms with Crippen LogP contribution in [0.1, 0.15) is 30.6 Å². The molecule has 1 unspecified atom stereocenters. The van der Waals surface area contributed by atoms with Crippen molar-refractivity contribution in [2.75, 3.05) is 13.6 Å². The number of likely N-dealkylation sites (N-methyl/N-ethyl adjacent to an activating group) is 1. The lowest BCUT2D eigenvalue weighted by molar-refractivity contribution is 0.232. The first-order valence-corrected chi connectivity index (χ1v) is 7.20. The van der Waals surface area contributed by atoms with Crippen molar-refractivity contribution in [1.29, 1.82) is 0 Å². The molecule has 20 heavy (non-hydrogen) atoms. The zero-order valence-electron chi connectivity index (χ0n) is 12.4. The van der Waals surface area contributed by atoms with Crippen LogP contribution < -0.4 is 5.73 Å². The topological polar surface area (TPSA) is 47.1 Å². The van der Waals surface area contributed by atoms with E-state index in [2.05, 4.69) is 52.7 Å². The summed E-state index contributed by atoms with van der Waals surface area (Å²) >= 11 is 0. The summed E-state index contributed by atoms with van der Waals surface area (Å²) < 4.78 is 2.21. The van der Waals surface area contributed by atoms with Gasteiger partial charge in [-0.2, -0.15) is 0 Å². The smallest absolute Gasteiger partial charge is 0.0948 e. The van der Waals surface area contributed by atoms with Crippen LogP contribution in [0, 0.1) is 0 Å². The fourth-order valence-electron chi connectivity index (χ4n) is 2.54. The highest BCUT2D eigenvalue weighted by Gasteiger charge is 2.19. The van der Waals surface area contributed by atoms with E-state index in [0.717, 1.165) is 19.5 Å². The van der Waals surface area contributed by atoms with Gasteiger partial charge in [-0.15, -0.1) is 0 Å². The van der Waals surface area contributed by atoms with Crippen LogP contribution >= 0.6 is 0 Å². The van der Waals surface area contributed by atoms with Crippen LogP contribution in [0.3, 0.4) is 0 Å². The van der Waals surface area contributed by atoms with Gasteiger partial charge in [0.1, 0.15) is 0 Å². The van der Waals surface area contributed by atoms with E-state index in [-0.39, 0.29) is 6.04 Å². The molecule has 2 N–H and O–H groups in total. The highest BCUT2D eigenvalue weighted by Crippen LogP contribution is 2.20. The largest absolute Gasteiger partial charge is 0.333 e. The van der Waals surface area contributed by atoms with Crippen molar-refractivity contribution in [2.24, 2.45) is 5.73 Å². The Labute approximate surface area is 121 Å². The Morgan fingerprint density at radius 2 is 2.05 bits per heavy atom. The van der Waals surface area contributed by atoms with Crippen LogP contribution in [0.5, 0.6) is 0 Å². The van der Waals surface area contributed by atoms with E-state index in [1.807, 2.05) is 18.6 Å². The Balaban J connectivity index is 2.12. The van der Waals surface area contributed by atoms with Crippen LogP contribution in [0.15, 0.2) is 42.9 Å². The number of benzene rings is 1. The van der Waals surface area contributed by atoms with Gasteiger partial charge in [0, 0.05) is 25.8 Å². The molecule has 4 nitrogen and oxygen atoms in total. The van der Waals surface area contributed by atoms with Crippen LogP contribution in [0.4, 0.5) is 0 Å². The van der Waals surface area contributed by atoms with Gasteiger partial charge in [0.2, 0.25) is 0 Å². The van der Waals surface area contributed by atoms with Gasteiger partial charge in [-0.05, 0) is 19.0 Å². The lowest BCUT2D eigenvalue weighted by Crippen LogP contribution is -2.31. The summed E-state index contributed by atoms with van der Waals surface area (Å²) in [4.78, 5) is 6.57. The summed E-state index contributed by atoms with van der Waals surface area (Å²) in [5.41, 5.74) is 8.50. The molecule has 2 rings (SSSR count). The zero-order chi connectivity index (χ0) is 14.4. The Hall–Kier alpha value is -1.65. The lowest BCUT2D eigenvalue weighted by Gasteiger charge is -2.27. The monoisotopic (exact) mass is 272 g/mol. The normalized spacial score (nSPS) is 12.8. The molecule has 4 heteroatoms. The van der Waals surface area contributed by atoms with Gasteiger partial charge >= 0.3 is 0 Å². The SMILES string of the molecule is CCCn1cncc1C(CN)N(C)Cc1ccccc1. The maximum Gasteiger partial charge on any atom is 0.0948 e. The van der Waals surface area contributed by atoms with Crippen LogP contribution in [-0.4, -0.2) is 28.0 Å². The minimum absolute atomic E-state index is 0.198. The second-order valence-electron chi connectivity index (χ2n) is 5.16. The van der Waals surface area contributed by atoms with E-state index in [4.69, 9.17) is 5.73 Å². The summed E-state index contributed by atoms with van der Waals surface area (Å²) in [7, 11) is 2.12. The van der Waals surface area contributed by atoms with Gasteiger partial charge in [0.25, 0.3) is 0 Å². The molecular formula is C16H24N4.